The molecule has 9 heteroatoms. The molecule has 0 atom stereocenters. The van der Waals surface area contributed by atoms with E-state index in [9.17, 15) is 9.18 Å². The molecule has 0 aliphatic carbocycles. The van der Waals surface area contributed by atoms with Crippen LogP contribution in [-0.2, 0) is 16.8 Å². The molecule has 2 amide bonds. The summed E-state index contributed by atoms with van der Waals surface area (Å²) in [4.78, 5) is 14.6. The third kappa shape index (κ3) is 7.81. The van der Waals surface area contributed by atoms with Crippen LogP contribution in [0.4, 0.5) is 20.7 Å². The van der Waals surface area contributed by atoms with Gasteiger partial charge in [-0.15, -0.1) is 0 Å². The third-order valence-electron chi connectivity index (χ3n) is 5.96. The molecule has 200 valence electrons. The van der Waals surface area contributed by atoms with Crippen LogP contribution in [0, 0.1) is 11.8 Å². The molecule has 38 heavy (non-hydrogen) atoms. The van der Waals surface area contributed by atoms with Gasteiger partial charge in [-0.05, 0) is 42.5 Å². The van der Waals surface area contributed by atoms with E-state index in [4.69, 9.17) is 14.0 Å². The Balaban J connectivity index is 1.30. The number of alkyl halides is 1. The maximum Gasteiger partial charge on any atom is 0.324 e. The lowest BCUT2D eigenvalue weighted by atomic mass is 9.93. The van der Waals surface area contributed by atoms with Gasteiger partial charge in [-0.3, -0.25) is 10.2 Å². The van der Waals surface area contributed by atoms with Crippen molar-refractivity contribution < 1.29 is 23.2 Å². The van der Waals surface area contributed by atoms with E-state index in [-0.39, 0.29) is 5.41 Å². The summed E-state index contributed by atoms with van der Waals surface area (Å²) in [7, 11) is 0. The minimum atomic E-state index is -0.628. The highest BCUT2D eigenvalue weighted by Gasteiger charge is 2.20. The second-order valence-electron chi connectivity index (χ2n) is 9.99. The number of anilines is 2. The predicted octanol–water partition coefficient (Wildman–Crippen LogP) is 5.20. The van der Waals surface area contributed by atoms with Crippen LogP contribution in [0.5, 0.6) is 5.75 Å². The number of halogens is 1. The quantitative estimate of drug-likeness (QED) is 0.417. The normalized spacial score (nSPS) is 13.9. The van der Waals surface area contributed by atoms with E-state index < -0.39 is 12.7 Å². The van der Waals surface area contributed by atoms with Gasteiger partial charge in [0, 0.05) is 53.5 Å². The molecule has 1 fully saturated rings. The number of morpholine rings is 1. The zero-order valence-electron chi connectivity index (χ0n) is 22.0. The van der Waals surface area contributed by atoms with Gasteiger partial charge in [-0.2, -0.15) is 0 Å². The molecular formula is C29H33FN4O4. The first kappa shape index (κ1) is 27.2. The first-order chi connectivity index (χ1) is 18.3. The number of nitrogens with one attached hydrogen (secondary N) is 2. The van der Waals surface area contributed by atoms with Gasteiger partial charge in [0.05, 0.1) is 13.2 Å². The zero-order chi connectivity index (χ0) is 27.0. The number of hydrogen-bond donors (Lipinski definition) is 2. The number of benzene rings is 2. The van der Waals surface area contributed by atoms with Crippen molar-refractivity contribution in [1.29, 1.82) is 0 Å². The summed E-state index contributed by atoms with van der Waals surface area (Å²) in [6.45, 7) is 9.89. The number of urea groups is 1. The number of carbonyl (C=O) groups is 1. The third-order valence-corrected chi connectivity index (χ3v) is 5.96. The molecule has 0 bridgehead atoms. The number of carbonyl (C=O) groups excluding carboxylic acids is 1. The molecular weight excluding hydrogens is 487 g/mol. The molecule has 1 aliphatic heterocycles. The Morgan fingerprint density at radius 3 is 2.45 bits per heavy atom. The minimum Gasteiger partial charge on any atom is -0.492 e. The summed E-state index contributed by atoms with van der Waals surface area (Å²) in [5.41, 5.74) is 2.33. The molecule has 0 radical (unpaired) electrons. The van der Waals surface area contributed by atoms with Crippen LogP contribution < -0.4 is 15.4 Å². The zero-order valence-corrected chi connectivity index (χ0v) is 22.0. The Labute approximate surface area is 222 Å². The Morgan fingerprint density at radius 1 is 1.05 bits per heavy atom. The van der Waals surface area contributed by atoms with Crippen LogP contribution in [0.25, 0.3) is 0 Å². The minimum absolute atomic E-state index is 0.202. The summed E-state index contributed by atoms with van der Waals surface area (Å²) >= 11 is 0. The van der Waals surface area contributed by atoms with E-state index in [0.29, 0.717) is 40.7 Å². The monoisotopic (exact) mass is 520 g/mol. The number of amides is 2. The Kier molecular flexibility index (Phi) is 9.00. The summed E-state index contributed by atoms with van der Waals surface area (Å²) in [5, 5.41) is 9.29. The topological polar surface area (TPSA) is 88.9 Å². The predicted molar refractivity (Wildman–Crippen MR) is 144 cm³/mol. The van der Waals surface area contributed by atoms with Gasteiger partial charge in [0.15, 0.2) is 5.82 Å². The molecule has 1 aliphatic rings. The lowest BCUT2D eigenvalue weighted by Crippen LogP contribution is -2.38. The second-order valence-corrected chi connectivity index (χ2v) is 9.99. The van der Waals surface area contributed by atoms with E-state index in [2.05, 4.69) is 32.5 Å². The molecule has 8 nitrogen and oxygen atoms in total. The van der Waals surface area contributed by atoms with E-state index in [1.165, 1.54) is 0 Å². The average molecular weight is 521 g/mol. The lowest BCUT2D eigenvalue weighted by Gasteiger charge is -2.26. The van der Waals surface area contributed by atoms with Gasteiger partial charge in [-0.25, -0.2) is 9.18 Å². The van der Waals surface area contributed by atoms with E-state index >= 15 is 0 Å². The fourth-order valence-corrected chi connectivity index (χ4v) is 3.76. The van der Waals surface area contributed by atoms with Crippen molar-refractivity contribution in [2.45, 2.75) is 32.9 Å². The van der Waals surface area contributed by atoms with Gasteiger partial charge in [0.2, 0.25) is 0 Å². The first-order valence-corrected chi connectivity index (χ1v) is 12.6. The SMILES string of the molecule is CC(C)(C)c1cc(NC(=O)Nc2ccc(C#Cc3ccc(OCCN4CCOCC4)c(CF)c3)cc2)no1. The van der Waals surface area contributed by atoms with Crippen molar-refractivity contribution in [2.24, 2.45) is 0 Å². The van der Waals surface area contributed by atoms with Crippen molar-refractivity contribution in [3.05, 3.63) is 71.0 Å². The fourth-order valence-electron chi connectivity index (χ4n) is 3.76. The molecule has 2 aromatic carbocycles. The fraction of sp³-hybridized carbons (Fsp3) is 0.379. The van der Waals surface area contributed by atoms with Crippen molar-refractivity contribution >= 4 is 17.5 Å². The molecule has 2 N–H and O–H groups in total. The summed E-state index contributed by atoms with van der Waals surface area (Å²) in [6.07, 6.45) is 0. The highest BCUT2D eigenvalue weighted by Crippen LogP contribution is 2.24. The molecule has 2 heterocycles. The smallest absolute Gasteiger partial charge is 0.324 e. The average Bonchev–Trinajstić information content (AvgIpc) is 3.38. The van der Waals surface area contributed by atoms with E-state index in [1.54, 1.807) is 42.5 Å². The Bertz CT molecular complexity index is 1280. The van der Waals surface area contributed by atoms with Crippen LogP contribution in [0.15, 0.2) is 53.1 Å². The Hall–Kier alpha value is -3.87. The highest BCUT2D eigenvalue weighted by molar-refractivity contribution is 5.99. The first-order valence-electron chi connectivity index (χ1n) is 12.6. The van der Waals surface area contributed by atoms with E-state index in [0.717, 1.165) is 38.4 Å². The maximum atomic E-state index is 13.6. The molecule has 0 saturated carbocycles. The molecule has 4 rings (SSSR count). The van der Waals surface area contributed by atoms with Crippen LogP contribution >= 0.6 is 0 Å². The van der Waals surface area contributed by atoms with Crippen LogP contribution in [0.3, 0.4) is 0 Å². The van der Waals surface area contributed by atoms with Gasteiger partial charge < -0.3 is 19.3 Å². The molecule has 3 aromatic rings. The van der Waals surface area contributed by atoms with Gasteiger partial charge in [0.1, 0.15) is 24.8 Å². The number of nitrogens with zero attached hydrogens (tertiary/aromatic N) is 2. The number of rotatable bonds is 7. The largest absolute Gasteiger partial charge is 0.492 e. The second kappa shape index (κ2) is 12.6. The molecule has 0 unspecified atom stereocenters. The number of ether oxygens (including phenoxy) is 2. The summed E-state index contributed by atoms with van der Waals surface area (Å²) in [5.74, 6) is 7.70. The number of aromatic nitrogens is 1. The highest BCUT2D eigenvalue weighted by atomic mass is 19.1. The van der Waals surface area contributed by atoms with Gasteiger partial charge in [0.25, 0.3) is 0 Å². The standard InChI is InChI=1S/C29H33FN4O4/c1-29(2,3)26-19-27(33-38-26)32-28(35)31-24-9-6-21(7-10-24)4-5-22-8-11-25(23(18-22)20-30)37-17-14-34-12-15-36-16-13-34/h6-11,18-19H,12-17,20H2,1-3H3,(H2,31,32,33,35). The molecule has 1 aromatic heterocycles. The maximum absolute atomic E-state index is 13.6. The van der Waals surface area contributed by atoms with Crippen molar-refractivity contribution in [2.75, 3.05) is 50.1 Å². The summed E-state index contributed by atoms with van der Waals surface area (Å²) in [6, 6.07) is 13.7. The Morgan fingerprint density at radius 2 is 1.76 bits per heavy atom. The van der Waals surface area contributed by atoms with Crippen molar-refractivity contribution in [3.63, 3.8) is 0 Å². The van der Waals surface area contributed by atoms with E-state index in [1.807, 2.05) is 26.8 Å². The summed E-state index contributed by atoms with van der Waals surface area (Å²) < 4.78 is 30.1. The van der Waals surface area contributed by atoms with Gasteiger partial charge in [-0.1, -0.05) is 37.8 Å². The van der Waals surface area contributed by atoms with Crippen molar-refractivity contribution in [3.8, 4) is 17.6 Å². The molecule has 0 spiro atoms. The lowest BCUT2D eigenvalue weighted by molar-refractivity contribution is 0.0322. The van der Waals surface area contributed by atoms with Gasteiger partial charge >= 0.3 is 6.03 Å². The van der Waals surface area contributed by atoms with Crippen LogP contribution in [0.2, 0.25) is 0 Å². The van der Waals surface area contributed by atoms with Crippen LogP contribution in [0.1, 0.15) is 43.2 Å². The van der Waals surface area contributed by atoms with Crippen molar-refractivity contribution in [1.82, 2.24) is 10.1 Å². The number of hydrogen-bond acceptors (Lipinski definition) is 6. The molecule has 1 saturated heterocycles. The van der Waals surface area contributed by atoms with Crippen LogP contribution in [-0.4, -0.2) is 55.5 Å².